The van der Waals surface area contributed by atoms with Gasteiger partial charge in [-0.15, -0.1) is 13.2 Å². The molecule has 2 fully saturated rings. The van der Waals surface area contributed by atoms with Crippen molar-refractivity contribution in [2.75, 3.05) is 19.6 Å². The van der Waals surface area contributed by atoms with Crippen molar-refractivity contribution in [2.24, 2.45) is 5.92 Å². The lowest BCUT2D eigenvalue weighted by atomic mass is 9.90. The molecule has 1 aliphatic carbocycles. The fraction of sp³-hybridized carbons (Fsp3) is 0.500. The fourth-order valence-electron chi connectivity index (χ4n) is 3.56. The number of rotatable bonds is 5. The van der Waals surface area contributed by atoms with Crippen molar-refractivity contribution in [3.63, 3.8) is 0 Å². The highest BCUT2D eigenvalue weighted by Gasteiger charge is 2.41. The Balaban J connectivity index is 1.31. The summed E-state index contributed by atoms with van der Waals surface area (Å²) < 4.78 is 40.6. The highest BCUT2D eigenvalue weighted by molar-refractivity contribution is 5.94. The molecule has 0 atom stereocenters. The molecule has 2 N–H and O–H groups in total. The standard InChI is InChI=1S/C20H22F3N3O4/c21-20(22,23)29-15-5-3-14(4-6-15)18(28)26-9-7-19(8-10-26)11-16(25-30-19)17(27)24-12-13-1-2-13/h3-6,11,13,25H,1-2,7-10,12H2,(H,24,27). The molecular weight excluding hydrogens is 403 g/mol. The third kappa shape index (κ3) is 4.86. The predicted molar refractivity (Wildman–Crippen MR) is 99.0 cm³/mol. The van der Waals surface area contributed by atoms with Crippen molar-refractivity contribution >= 4 is 11.8 Å². The average Bonchev–Trinajstić information content (AvgIpc) is 3.45. The number of benzene rings is 1. The van der Waals surface area contributed by atoms with Crippen LogP contribution in [0.15, 0.2) is 36.0 Å². The van der Waals surface area contributed by atoms with Crippen molar-refractivity contribution in [3.05, 3.63) is 41.6 Å². The van der Waals surface area contributed by atoms with E-state index in [2.05, 4.69) is 15.5 Å². The Labute approximate surface area is 171 Å². The minimum absolute atomic E-state index is 0.196. The maximum Gasteiger partial charge on any atom is 0.573 e. The molecule has 1 saturated carbocycles. The molecule has 7 nitrogen and oxygen atoms in total. The molecule has 1 saturated heterocycles. The van der Waals surface area contributed by atoms with Gasteiger partial charge in [-0.05, 0) is 49.1 Å². The van der Waals surface area contributed by atoms with Gasteiger partial charge in [0.2, 0.25) is 0 Å². The van der Waals surface area contributed by atoms with E-state index in [1.54, 1.807) is 11.0 Å². The van der Waals surface area contributed by atoms with Gasteiger partial charge in [0, 0.05) is 38.0 Å². The maximum atomic E-state index is 12.7. The number of nitrogens with zero attached hydrogens (tertiary/aromatic N) is 1. The Morgan fingerprint density at radius 1 is 1.20 bits per heavy atom. The van der Waals surface area contributed by atoms with Crippen molar-refractivity contribution in [1.82, 2.24) is 15.7 Å². The molecule has 2 amide bonds. The van der Waals surface area contributed by atoms with Crippen LogP contribution in [-0.4, -0.2) is 48.3 Å². The van der Waals surface area contributed by atoms with Gasteiger partial charge in [-0.25, -0.2) is 0 Å². The van der Waals surface area contributed by atoms with Gasteiger partial charge in [-0.1, -0.05) is 0 Å². The molecule has 30 heavy (non-hydrogen) atoms. The highest BCUT2D eigenvalue weighted by atomic mass is 19.4. The largest absolute Gasteiger partial charge is 0.573 e. The molecular formula is C20H22F3N3O4. The number of carbonyl (C=O) groups is 2. The molecule has 0 bridgehead atoms. The molecule has 4 rings (SSSR count). The predicted octanol–water partition coefficient (Wildman–Crippen LogP) is 2.50. The van der Waals surface area contributed by atoms with Crippen LogP contribution in [0.25, 0.3) is 0 Å². The van der Waals surface area contributed by atoms with E-state index in [1.807, 2.05) is 0 Å². The van der Waals surface area contributed by atoms with Crippen LogP contribution in [0.4, 0.5) is 13.2 Å². The Morgan fingerprint density at radius 2 is 1.87 bits per heavy atom. The summed E-state index contributed by atoms with van der Waals surface area (Å²) in [5.74, 6) is -0.270. The van der Waals surface area contributed by atoms with E-state index in [0.29, 0.717) is 44.1 Å². The first kappa shape index (κ1) is 20.5. The second-order valence-electron chi connectivity index (χ2n) is 7.84. The second-order valence-corrected chi connectivity index (χ2v) is 7.84. The second kappa shape index (κ2) is 7.82. The fourth-order valence-corrected chi connectivity index (χ4v) is 3.56. The minimum atomic E-state index is -4.77. The van der Waals surface area contributed by atoms with Crippen LogP contribution < -0.4 is 15.5 Å². The topological polar surface area (TPSA) is 79.9 Å². The molecule has 0 unspecified atom stereocenters. The summed E-state index contributed by atoms with van der Waals surface area (Å²) >= 11 is 0. The molecule has 10 heteroatoms. The number of hydroxylamine groups is 1. The number of likely N-dealkylation sites (tertiary alicyclic amines) is 1. The Morgan fingerprint density at radius 3 is 2.47 bits per heavy atom. The number of ether oxygens (including phenoxy) is 1. The summed E-state index contributed by atoms with van der Waals surface area (Å²) in [6.45, 7) is 1.46. The highest BCUT2D eigenvalue weighted by Crippen LogP contribution is 2.33. The van der Waals surface area contributed by atoms with Crippen LogP contribution >= 0.6 is 0 Å². The van der Waals surface area contributed by atoms with Gasteiger partial charge in [0.05, 0.1) is 0 Å². The number of halogens is 3. The molecule has 1 aromatic carbocycles. The summed E-state index contributed by atoms with van der Waals surface area (Å²) in [7, 11) is 0. The van der Waals surface area contributed by atoms with Gasteiger partial charge in [0.15, 0.2) is 0 Å². The van der Waals surface area contributed by atoms with E-state index in [9.17, 15) is 22.8 Å². The molecule has 2 aliphatic heterocycles. The summed E-state index contributed by atoms with van der Waals surface area (Å²) in [5.41, 5.74) is 2.72. The molecule has 1 aromatic rings. The molecule has 2 heterocycles. The summed E-state index contributed by atoms with van der Waals surface area (Å²) in [5, 5.41) is 2.88. The molecule has 1 spiro atoms. The van der Waals surface area contributed by atoms with E-state index < -0.39 is 12.0 Å². The van der Waals surface area contributed by atoms with Crippen LogP contribution in [0, 0.1) is 5.92 Å². The average molecular weight is 425 g/mol. The van der Waals surface area contributed by atoms with E-state index in [1.165, 1.54) is 12.1 Å². The monoisotopic (exact) mass is 425 g/mol. The number of carbonyl (C=O) groups excluding carboxylic acids is 2. The number of nitrogens with one attached hydrogen (secondary N) is 2. The van der Waals surface area contributed by atoms with E-state index >= 15 is 0 Å². The molecule has 3 aliphatic rings. The van der Waals surface area contributed by atoms with Crippen LogP contribution in [0.5, 0.6) is 5.75 Å². The minimum Gasteiger partial charge on any atom is -0.406 e. The molecule has 162 valence electrons. The zero-order valence-electron chi connectivity index (χ0n) is 16.1. The summed E-state index contributed by atoms with van der Waals surface area (Å²) in [6, 6.07) is 4.85. The first-order chi connectivity index (χ1) is 14.2. The van der Waals surface area contributed by atoms with Crippen LogP contribution in [0.3, 0.4) is 0 Å². The molecule has 0 aromatic heterocycles. The van der Waals surface area contributed by atoms with Crippen molar-refractivity contribution < 1.29 is 32.3 Å². The SMILES string of the molecule is O=C(NCC1CC1)C1=CC2(CCN(C(=O)c3ccc(OC(F)(F)F)cc3)CC2)ON1. The zero-order chi connectivity index (χ0) is 21.4. The first-order valence-corrected chi connectivity index (χ1v) is 9.83. The zero-order valence-corrected chi connectivity index (χ0v) is 16.1. The van der Waals surface area contributed by atoms with Gasteiger partial charge < -0.3 is 15.0 Å². The number of hydrogen-bond acceptors (Lipinski definition) is 5. The van der Waals surface area contributed by atoms with Crippen molar-refractivity contribution in [3.8, 4) is 5.75 Å². The number of piperidine rings is 1. The van der Waals surface area contributed by atoms with Gasteiger partial charge in [0.1, 0.15) is 17.0 Å². The third-order valence-corrected chi connectivity index (χ3v) is 5.50. The van der Waals surface area contributed by atoms with Crippen LogP contribution in [-0.2, 0) is 9.63 Å². The van der Waals surface area contributed by atoms with Gasteiger partial charge >= 0.3 is 6.36 Å². The van der Waals surface area contributed by atoms with Crippen LogP contribution in [0.1, 0.15) is 36.0 Å². The van der Waals surface area contributed by atoms with E-state index in [-0.39, 0.29) is 23.1 Å². The Hall–Kier alpha value is -2.75. The van der Waals surface area contributed by atoms with E-state index in [4.69, 9.17) is 4.84 Å². The number of alkyl halides is 3. The number of amides is 2. The smallest absolute Gasteiger partial charge is 0.406 e. The Kier molecular flexibility index (Phi) is 5.35. The van der Waals surface area contributed by atoms with Gasteiger partial charge in [-0.2, -0.15) is 0 Å². The quantitative estimate of drug-likeness (QED) is 0.758. The van der Waals surface area contributed by atoms with Gasteiger partial charge in [-0.3, -0.25) is 19.9 Å². The van der Waals surface area contributed by atoms with E-state index in [0.717, 1.165) is 25.0 Å². The first-order valence-electron chi connectivity index (χ1n) is 9.83. The Bertz CT molecular complexity index is 842. The number of hydrogen-bond donors (Lipinski definition) is 2. The molecule has 0 radical (unpaired) electrons. The summed E-state index contributed by atoms with van der Waals surface area (Å²) in [6.07, 6.45) is 0.300. The van der Waals surface area contributed by atoms with Gasteiger partial charge in [0.25, 0.3) is 11.8 Å². The lowest BCUT2D eigenvalue weighted by Gasteiger charge is -2.36. The van der Waals surface area contributed by atoms with Crippen LogP contribution in [0.2, 0.25) is 0 Å². The normalized spacial score (nSPS) is 20.5. The third-order valence-electron chi connectivity index (χ3n) is 5.50. The lowest BCUT2D eigenvalue weighted by Crippen LogP contribution is -2.46. The summed E-state index contributed by atoms with van der Waals surface area (Å²) in [4.78, 5) is 32.1. The van der Waals surface area contributed by atoms with Crippen molar-refractivity contribution in [2.45, 2.75) is 37.6 Å². The lowest BCUT2D eigenvalue weighted by molar-refractivity contribution is -0.274. The van der Waals surface area contributed by atoms with Crippen molar-refractivity contribution in [1.29, 1.82) is 0 Å². The maximum absolute atomic E-state index is 12.7.